The average molecular weight is 375 g/mol. The summed E-state index contributed by atoms with van der Waals surface area (Å²) in [4.78, 5) is 8.93. The van der Waals surface area contributed by atoms with Crippen LogP contribution in [0.4, 0.5) is 4.39 Å². The number of nitrogens with one attached hydrogen (secondary N) is 2. The molecule has 1 aromatic carbocycles. The maximum Gasteiger partial charge on any atom is 0.232 e. The molecule has 1 heterocycles. The Morgan fingerprint density at radius 3 is 2.52 bits per heavy atom. The smallest absolute Gasteiger partial charge is 0.232 e. The van der Waals surface area contributed by atoms with E-state index in [-0.39, 0.29) is 16.6 Å². The monoisotopic (exact) mass is 375 g/mol. The van der Waals surface area contributed by atoms with Gasteiger partial charge in [-0.05, 0) is 24.6 Å². The summed E-state index contributed by atoms with van der Waals surface area (Å²) in [6.07, 6.45) is 0. The molecule has 6 nitrogen and oxygen atoms in total. The van der Waals surface area contributed by atoms with Crippen molar-refractivity contribution in [2.75, 3.05) is 13.1 Å². The van der Waals surface area contributed by atoms with E-state index in [9.17, 15) is 4.39 Å². The molecule has 2 rings (SSSR count). The Hall–Kier alpha value is -2.44. The van der Waals surface area contributed by atoms with E-state index in [1.165, 1.54) is 6.07 Å². The largest absolute Gasteiger partial charge is 0.357 e. The molecular weight excluding hydrogens is 345 g/mol. The first-order valence-corrected chi connectivity index (χ1v) is 9.23. The quantitative estimate of drug-likeness (QED) is 0.597. The second-order valence-electron chi connectivity index (χ2n) is 8.21. The van der Waals surface area contributed by atoms with E-state index < -0.39 is 0 Å². The van der Waals surface area contributed by atoms with Crippen molar-refractivity contribution in [1.29, 1.82) is 0 Å². The number of benzene rings is 1. The van der Waals surface area contributed by atoms with Gasteiger partial charge < -0.3 is 15.2 Å². The molecule has 0 radical (unpaired) electrons. The minimum Gasteiger partial charge on any atom is -0.357 e. The van der Waals surface area contributed by atoms with Crippen LogP contribution in [-0.2, 0) is 17.4 Å². The lowest BCUT2D eigenvalue weighted by Crippen LogP contribution is -2.43. The van der Waals surface area contributed by atoms with Gasteiger partial charge in [-0.25, -0.2) is 9.38 Å². The van der Waals surface area contributed by atoms with Crippen LogP contribution in [0.1, 0.15) is 58.8 Å². The van der Waals surface area contributed by atoms with Gasteiger partial charge in [-0.2, -0.15) is 4.98 Å². The van der Waals surface area contributed by atoms with Crippen molar-refractivity contribution >= 4 is 5.96 Å². The Labute approximate surface area is 160 Å². The van der Waals surface area contributed by atoms with Crippen molar-refractivity contribution in [1.82, 2.24) is 20.8 Å². The third-order valence-corrected chi connectivity index (χ3v) is 4.14. The molecule has 1 aromatic heterocycles. The molecule has 0 unspecified atom stereocenters. The van der Waals surface area contributed by atoms with E-state index in [0.717, 1.165) is 12.1 Å². The van der Waals surface area contributed by atoms with Crippen LogP contribution in [0.2, 0.25) is 0 Å². The van der Waals surface area contributed by atoms with Crippen molar-refractivity contribution in [2.45, 2.75) is 58.9 Å². The van der Waals surface area contributed by atoms with Crippen LogP contribution >= 0.6 is 0 Å². The predicted molar refractivity (Wildman–Crippen MR) is 105 cm³/mol. The zero-order chi connectivity index (χ0) is 20.1. The highest BCUT2D eigenvalue weighted by molar-refractivity contribution is 5.79. The topological polar surface area (TPSA) is 75.3 Å². The fraction of sp³-hybridized carbons (Fsp3) is 0.550. The van der Waals surface area contributed by atoms with Crippen molar-refractivity contribution < 1.29 is 8.91 Å². The summed E-state index contributed by atoms with van der Waals surface area (Å²) in [5, 5.41) is 10.5. The van der Waals surface area contributed by atoms with Crippen LogP contribution in [0.5, 0.6) is 0 Å². The summed E-state index contributed by atoms with van der Waals surface area (Å²) in [6, 6.07) is 6.69. The molecule has 0 amide bonds. The number of guanidine groups is 1. The van der Waals surface area contributed by atoms with Gasteiger partial charge in [-0.1, -0.05) is 51.9 Å². The number of aliphatic imine (C=N–C) groups is 1. The van der Waals surface area contributed by atoms with Crippen LogP contribution in [-0.4, -0.2) is 29.2 Å². The molecule has 2 aromatic rings. The van der Waals surface area contributed by atoms with Gasteiger partial charge in [0.15, 0.2) is 11.8 Å². The molecule has 0 spiro atoms. The number of halogens is 1. The van der Waals surface area contributed by atoms with Crippen molar-refractivity contribution in [3.63, 3.8) is 0 Å². The number of hydrogen-bond donors (Lipinski definition) is 2. The average Bonchev–Trinajstić information content (AvgIpc) is 3.07. The highest BCUT2D eigenvalue weighted by Gasteiger charge is 2.23. The second kappa shape index (κ2) is 8.50. The maximum atomic E-state index is 13.5. The van der Waals surface area contributed by atoms with Gasteiger partial charge in [0.25, 0.3) is 0 Å². The molecule has 0 fully saturated rings. The molecule has 0 atom stereocenters. The second-order valence-corrected chi connectivity index (χ2v) is 8.21. The molecule has 0 aliphatic rings. The van der Waals surface area contributed by atoms with E-state index in [2.05, 4.69) is 39.6 Å². The Balaban J connectivity index is 2.04. The van der Waals surface area contributed by atoms with Crippen molar-refractivity contribution in [2.24, 2.45) is 4.99 Å². The Morgan fingerprint density at radius 1 is 1.19 bits per heavy atom. The third kappa shape index (κ3) is 6.05. The van der Waals surface area contributed by atoms with Gasteiger partial charge in [-0.15, -0.1) is 0 Å². The van der Waals surface area contributed by atoms with Crippen molar-refractivity contribution in [3.8, 4) is 0 Å². The lowest BCUT2D eigenvalue weighted by atomic mass is 9.84. The predicted octanol–water partition coefficient (Wildman–Crippen LogP) is 3.54. The lowest BCUT2D eigenvalue weighted by molar-refractivity contribution is 0.318. The molecule has 148 valence electrons. The SMILES string of the molecule is CCNC(=NCc1noc(C(C)(C)C)n1)NCC(C)(C)c1cccc(F)c1. The van der Waals surface area contributed by atoms with Gasteiger partial charge in [0, 0.05) is 23.9 Å². The molecule has 2 N–H and O–H groups in total. The van der Waals surface area contributed by atoms with Gasteiger partial charge in [-0.3, -0.25) is 0 Å². The van der Waals surface area contributed by atoms with Crippen molar-refractivity contribution in [3.05, 3.63) is 47.4 Å². The highest BCUT2D eigenvalue weighted by Crippen LogP contribution is 2.23. The van der Waals surface area contributed by atoms with Crippen LogP contribution < -0.4 is 10.6 Å². The molecular formula is C20H30FN5O. The summed E-state index contributed by atoms with van der Waals surface area (Å²) in [6.45, 7) is 13.8. The minimum atomic E-state index is -0.260. The number of aromatic nitrogens is 2. The summed E-state index contributed by atoms with van der Waals surface area (Å²) < 4.78 is 18.8. The van der Waals surface area contributed by atoms with E-state index in [1.54, 1.807) is 12.1 Å². The number of hydrogen-bond acceptors (Lipinski definition) is 4. The highest BCUT2D eigenvalue weighted by atomic mass is 19.1. The normalized spacial score (nSPS) is 12.9. The molecule has 0 aliphatic heterocycles. The maximum absolute atomic E-state index is 13.5. The van der Waals surface area contributed by atoms with Crippen LogP contribution in [0.3, 0.4) is 0 Å². The van der Waals surface area contributed by atoms with Gasteiger partial charge in [0.2, 0.25) is 5.89 Å². The van der Waals surface area contributed by atoms with E-state index >= 15 is 0 Å². The fourth-order valence-corrected chi connectivity index (χ4v) is 2.43. The van der Waals surface area contributed by atoms with Gasteiger partial charge in [0.05, 0.1) is 0 Å². The molecule has 0 saturated heterocycles. The molecule has 27 heavy (non-hydrogen) atoms. The first-order valence-electron chi connectivity index (χ1n) is 9.23. The first kappa shape index (κ1) is 20.9. The number of rotatable bonds is 6. The minimum absolute atomic E-state index is 0.188. The number of nitrogens with zero attached hydrogens (tertiary/aromatic N) is 3. The zero-order valence-electron chi connectivity index (χ0n) is 17.1. The fourth-order valence-electron chi connectivity index (χ4n) is 2.43. The van der Waals surface area contributed by atoms with E-state index in [0.29, 0.717) is 30.8 Å². The lowest BCUT2D eigenvalue weighted by Gasteiger charge is -2.26. The Morgan fingerprint density at radius 2 is 1.93 bits per heavy atom. The van der Waals surface area contributed by atoms with E-state index in [4.69, 9.17) is 4.52 Å². The zero-order valence-corrected chi connectivity index (χ0v) is 17.1. The molecule has 0 aliphatic carbocycles. The van der Waals surface area contributed by atoms with Crippen LogP contribution in [0.25, 0.3) is 0 Å². The first-order chi connectivity index (χ1) is 12.6. The summed E-state index contributed by atoms with van der Waals surface area (Å²) in [7, 11) is 0. The van der Waals surface area contributed by atoms with Gasteiger partial charge in [0.1, 0.15) is 12.4 Å². The van der Waals surface area contributed by atoms with E-state index in [1.807, 2.05) is 33.8 Å². The standard InChI is InChI=1S/C20H30FN5O/c1-7-22-18(23-12-16-25-17(27-26-16)19(2,3)4)24-13-20(5,6)14-9-8-10-15(21)11-14/h8-11H,7,12-13H2,1-6H3,(H2,22,23,24). The summed E-state index contributed by atoms with van der Waals surface area (Å²) in [5.41, 5.74) is 0.482. The summed E-state index contributed by atoms with van der Waals surface area (Å²) >= 11 is 0. The molecule has 0 bridgehead atoms. The third-order valence-electron chi connectivity index (χ3n) is 4.14. The Kier molecular flexibility index (Phi) is 6.57. The van der Waals surface area contributed by atoms with Gasteiger partial charge >= 0.3 is 0 Å². The van der Waals surface area contributed by atoms with Crippen LogP contribution in [0.15, 0.2) is 33.8 Å². The molecule has 0 saturated carbocycles. The van der Waals surface area contributed by atoms with Crippen LogP contribution in [0, 0.1) is 5.82 Å². The Bertz CT molecular complexity index is 777. The summed E-state index contributed by atoms with van der Waals surface area (Å²) in [5.74, 6) is 1.57. The molecule has 7 heteroatoms.